The van der Waals surface area contributed by atoms with Crippen molar-refractivity contribution in [3.8, 4) is 0 Å². The van der Waals surface area contributed by atoms with Gasteiger partial charge in [0, 0.05) is 12.4 Å². The van der Waals surface area contributed by atoms with Crippen LogP contribution in [0.1, 0.15) is 13.3 Å². The van der Waals surface area contributed by atoms with Gasteiger partial charge in [0.15, 0.2) is 0 Å². The molecule has 7 heteroatoms. The first kappa shape index (κ1) is 17.1. The van der Waals surface area contributed by atoms with Gasteiger partial charge in [0.25, 0.3) is 0 Å². The molecule has 1 aromatic rings. The highest BCUT2D eigenvalue weighted by Gasteiger charge is 2.30. The number of hydrogen-bond acceptors (Lipinski definition) is 6. The van der Waals surface area contributed by atoms with E-state index in [2.05, 4.69) is 15.5 Å². The molecule has 1 amide bonds. The van der Waals surface area contributed by atoms with Crippen molar-refractivity contribution < 1.29 is 9.90 Å². The summed E-state index contributed by atoms with van der Waals surface area (Å²) in [7, 11) is 3.42. The molecular weight excluding hydrogens is 270 g/mol. The Kier molecular flexibility index (Phi) is 6.77. The molecule has 0 aliphatic heterocycles. The molecule has 0 saturated carbocycles. The zero-order chi connectivity index (χ0) is 15.8. The van der Waals surface area contributed by atoms with Gasteiger partial charge < -0.3 is 10.8 Å². The maximum Gasteiger partial charge on any atom is 0.237 e. The Morgan fingerprint density at radius 3 is 2.81 bits per heavy atom. The molecule has 0 bridgehead atoms. The molecule has 0 unspecified atom stereocenters. The molecule has 4 N–H and O–H groups in total. The van der Waals surface area contributed by atoms with Crippen LogP contribution in [0.4, 0.5) is 5.82 Å². The average Bonchev–Trinajstić information content (AvgIpc) is 2.43. The number of aromatic nitrogens is 1. The van der Waals surface area contributed by atoms with E-state index in [-0.39, 0.29) is 5.92 Å². The largest absolute Gasteiger partial charge is 0.391 e. The molecule has 0 spiro atoms. The second-order valence-electron chi connectivity index (χ2n) is 5.15. The number of aliphatic hydroxyl groups excluding tert-OH is 1. The van der Waals surface area contributed by atoms with E-state index in [1.807, 2.05) is 19.1 Å². The monoisotopic (exact) mass is 293 g/mol. The van der Waals surface area contributed by atoms with Crippen LogP contribution < -0.4 is 11.2 Å². The smallest absolute Gasteiger partial charge is 0.237 e. The zero-order valence-electron chi connectivity index (χ0n) is 12.6. The number of aliphatic hydroxyl groups is 1. The predicted octanol–water partition coefficient (Wildman–Crippen LogP) is 0.282. The average molecular weight is 293 g/mol. The minimum atomic E-state index is -0.848. The van der Waals surface area contributed by atoms with Crippen molar-refractivity contribution in [1.29, 1.82) is 0 Å². The maximum absolute atomic E-state index is 11.4. The van der Waals surface area contributed by atoms with Crippen LogP contribution in [0.5, 0.6) is 0 Å². The number of carbonyl (C=O) groups is 1. The fourth-order valence-corrected chi connectivity index (χ4v) is 1.94. The maximum atomic E-state index is 11.4. The highest BCUT2D eigenvalue weighted by atomic mass is 16.3. The molecule has 0 saturated heterocycles. The molecule has 1 aromatic heterocycles. The van der Waals surface area contributed by atoms with Gasteiger partial charge in [-0.3, -0.25) is 15.1 Å². The van der Waals surface area contributed by atoms with Gasteiger partial charge in [-0.05, 0) is 38.6 Å². The third kappa shape index (κ3) is 5.49. The van der Waals surface area contributed by atoms with Gasteiger partial charge >= 0.3 is 0 Å². The summed E-state index contributed by atoms with van der Waals surface area (Å²) in [4.78, 5) is 17.0. The summed E-state index contributed by atoms with van der Waals surface area (Å²) in [6.45, 7) is 1.84. The van der Waals surface area contributed by atoms with Crippen LogP contribution in [0, 0.1) is 5.92 Å². The quantitative estimate of drug-likeness (QED) is 0.472. The number of rotatable bonds is 8. The van der Waals surface area contributed by atoms with Gasteiger partial charge in [0.05, 0.1) is 6.10 Å². The molecule has 0 fully saturated rings. The lowest BCUT2D eigenvalue weighted by molar-refractivity contribution is -0.127. The number of amides is 1. The van der Waals surface area contributed by atoms with Gasteiger partial charge in [-0.15, -0.1) is 0 Å². The van der Waals surface area contributed by atoms with Gasteiger partial charge in [-0.1, -0.05) is 13.0 Å². The van der Waals surface area contributed by atoms with Crippen LogP contribution >= 0.6 is 0 Å². The number of nitrogens with zero attached hydrogens (tertiary/aromatic N) is 3. The number of anilines is 1. The van der Waals surface area contributed by atoms with Gasteiger partial charge in [-0.2, -0.15) is 5.10 Å². The zero-order valence-corrected chi connectivity index (χ0v) is 12.6. The Labute approximate surface area is 124 Å². The lowest BCUT2D eigenvalue weighted by Gasteiger charge is -2.29. The molecule has 0 aliphatic carbocycles. The Hall–Kier alpha value is -1.99. The first-order valence-corrected chi connectivity index (χ1v) is 6.76. The second-order valence-corrected chi connectivity index (χ2v) is 5.15. The number of likely N-dealkylation sites (N-methyl/N-ethyl adjacent to an activating group) is 1. The van der Waals surface area contributed by atoms with E-state index < -0.39 is 18.1 Å². The van der Waals surface area contributed by atoms with Crippen LogP contribution in [-0.2, 0) is 4.79 Å². The third-order valence-electron chi connectivity index (χ3n) is 3.17. The van der Waals surface area contributed by atoms with Gasteiger partial charge in [0.1, 0.15) is 11.9 Å². The van der Waals surface area contributed by atoms with Crippen molar-refractivity contribution >= 4 is 17.9 Å². The van der Waals surface area contributed by atoms with Crippen LogP contribution in [0.3, 0.4) is 0 Å². The minimum Gasteiger partial charge on any atom is -0.391 e. The van der Waals surface area contributed by atoms with E-state index in [1.54, 1.807) is 37.5 Å². The van der Waals surface area contributed by atoms with Crippen LogP contribution in [0.15, 0.2) is 29.5 Å². The molecule has 21 heavy (non-hydrogen) atoms. The number of primary amides is 1. The molecule has 0 aromatic carbocycles. The lowest BCUT2D eigenvalue weighted by Crippen LogP contribution is -2.51. The summed E-state index contributed by atoms with van der Waals surface area (Å²) in [6, 6.07) is 4.76. The number of hydrazone groups is 1. The molecule has 7 nitrogen and oxygen atoms in total. The number of carbonyl (C=O) groups excluding carboxylic acids is 1. The number of nitrogens with one attached hydrogen (secondary N) is 1. The lowest BCUT2D eigenvalue weighted by atomic mass is 9.94. The van der Waals surface area contributed by atoms with Crippen molar-refractivity contribution in [3.63, 3.8) is 0 Å². The SMILES string of the molecule is C[C@H](C/C=N/Nc1ccccn1)[C@@H](O)[C@H](C(N)=O)N(C)C. The summed E-state index contributed by atoms with van der Waals surface area (Å²) in [5, 5.41) is 14.2. The van der Waals surface area contributed by atoms with E-state index in [0.29, 0.717) is 12.2 Å². The summed E-state index contributed by atoms with van der Waals surface area (Å²) < 4.78 is 0. The Morgan fingerprint density at radius 2 is 2.29 bits per heavy atom. The van der Waals surface area contributed by atoms with Crippen molar-refractivity contribution in [2.45, 2.75) is 25.5 Å². The van der Waals surface area contributed by atoms with E-state index in [9.17, 15) is 9.90 Å². The predicted molar refractivity (Wildman–Crippen MR) is 82.8 cm³/mol. The van der Waals surface area contributed by atoms with Crippen LogP contribution in [-0.4, -0.2) is 53.4 Å². The third-order valence-corrected chi connectivity index (χ3v) is 3.17. The van der Waals surface area contributed by atoms with E-state index in [1.165, 1.54) is 0 Å². The summed E-state index contributed by atoms with van der Waals surface area (Å²) >= 11 is 0. The van der Waals surface area contributed by atoms with E-state index >= 15 is 0 Å². The first-order chi connectivity index (χ1) is 9.93. The van der Waals surface area contributed by atoms with Gasteiger partial charge in [-0.25, -0.2) is 4.98 Å². The van der Waals surface area contributed by atoms with Crippen molar-refractivity contribution in [2.75, 3.05) is 19.5 Å². The minimum absolute atomic E-state index is 0.154. The molecular formula is C14H23N5O2. The molecule has 0 radical (unpaired) electrons. The molecule has 3 atom stereocenters. The highest BCUT2D eigenvalue weighted by Crippen LogP contribution is 2.13. The summed E-state index contributed by atoms with van der Waals surface area (Å²) in [5.41, 5.74) is 8.10. The van der Waals surface area contributed by atoms with Crippen LogP contribution in [0.2, 0.25) is 0 Å². The van der Waals surface area contributed by atoms with E-state index in [4.69, 9.17) is 5.73 Å². The van der Waals surface area contributed by atoms with Crippen molar-refractivity contribution in [1.82, 2.24) is 9.88 Å². The number of hydrogen-bond donors (Lipinski definition) is 3. The van der Waals surface area contributed by atoms with Crippen molar-refractivity contribution in [3.05, 3.63) is 24.4 Å². The normalized spacial score (nSPS) is 15.9. The number of pyridine rings is 1. The summed E-state index contributed by atoms with van der Waals surface area (Å²) in [5.74, 6) is -0.0488. The molecule has 1 heterocycles. The first-order valence-electron chi connectivity index (χ1n) is 6.76. The molecule has 1 rings (SSSR count). The fraction of sp³-hybridized carbons (Fsp3) is 0.500. The van der Waals surface area contributed by atoms with E-state index in [0.717, 1.165) is 0 Å². The van der Waals surface area contributed by atoms with Crippen LogP contribution in [0.25, 0.3) is 0 Å². The highest BCUT2D eigenvalue weighted by molar-refractivity contribution is 5.80. The molecule has 0 aliphatic rings. The second kappa shape index (κ2) is 8.33. The fourth-order valence-electron chi connectivity index (χ4n) is 1.94. The Balaban J connectivity index is 2.48. The summed E-state index contributed by atoms with van der Waals surface area (Å²) in [6.07, 6.45) is 2.98. The number of nitrogens with two attached hydrogens (primary N) is 1. The van der Waals surface area contributed by atoms with Gasteiger partial charge in [0.2, 0.25) is 5.91 Å². The standard InChI is InChI=1S/C14H23N5O2/c1-10(13(20)12(14(15)21)19(2)3)7-9-17-18-11-6-4-5-8-16-11/h4-6,8-10,12-13,20H,7H2,1-3H3,(H2,15,21)(H,16,18)/b17-9+/t10-,12-,13-/m1/s1. The Bertz CT molecular complexity index is 464. The van der Waals surface area contributed by atoms with Crippen molar-refractivity contribution in [2.24, 2.45) is 16.8 Å². The Morgan fingerprint density at radius 1 is 1.57 bits per heavy atom. The molecule has 116 valence electrons. The topological polar surface area (TPSA) is 104 Å².